The molecule has 21 heavy (non-hydrogen) atoms. The quantitative estimate of drug-likeness (QED) is 0.488. The normalized spacial score (nSPS) is 11.3. The molecular formula is C12H8BrF4N3O. The van der Waals surface area contributed by atoms with Crippen molar-refractivity contribution >= 4 is 21.7 Å². The molecule has 0 aliphatic rings. The summed E-state index contributed by atoms with van der Waals surface area (Å²) in [6.07, 6.45) is -4.59. The molecule has 1 heterocycles. The van der Waals surface area contributed by atoms with Crippen molar-refractivity contribution in [3.8, 4) is 11.6 Å². The molecule has 0 saturated carbocycles. The van der Waals surface area contributed by atoms with Gasteiger partial charge in [0.05, 0.1) is 5.56 Å². The highest BCUT2D eigenvalue weighted by atomic mass is 79.9. The first-order valence-corrected chi connectivity index (χ1v) is 6.27. The number of pyridine rings is 1. The van der Waals surface area contributed by atoms with Crippen molar-refractivity contribution in [3.63, 3.8) is 0 Å². The molecule has 0 aliphatic heterocycles. The zero-order valence-electron chi connectivity index (χ0n) is 10.2. The molecule has 0 aliphatic carbocycles. The van der Waals surface area contributed by atoms with Crippen LogP contribution in [0, 0.1) is 5.82 Å². The van der Waals surface area contributed by atoms with Crippen LogP contribution in [0.25, 0.3) is 0 Å². The minimum atomic E-state index is -4.59. The third kappa shape index (κ3) is 4.05. The number of nitrogens with two attached hydrogens (primary N) is 1. The molecule has 1 aromatic heterocycles. The first-order chi connectivity index (χ1) is 9.77. The minimum absolute atomic E-state index is 0.00308. The Morgan fingerprint density at radius 1 is 1.14 bits per heavy atom. The molecule has 0 atom stereocenters. The molecule has 0 radical (unpaired) electrons. The number of alkyl halides is 3. The molecule has 2 rings (SSSR count). The summed E-state index contributed by atoms with van der Waals surface area (Å²) in [6.45, 7) is 0. The molecule has 0 unspecified atom stereocenters. The lowest BCUT2D eigenvalue weighted by Gasteiger charge is -2.12. The van der Waals surface area contributed by atoms with Crippen molar-refractivity contribution in [1.82, 2.24) is 4.98 Å². The molecule has 0 fully saturated rings. The Hall–Kier alpha value is -1.87. The summed E-state index contributed by atoms with van der Waals surface area (Å²) in [7, 11) is 0. The lowest BCUT2D eigenvalue weighted by Crippen LogP contribution is -2.12. The maximum Gasteiger partial charge on any atom is 0.416 e. The Kier molecular flexibility index (Phi) is 4.33. The number of nitrogens with one attached hydrogen (secondary N) is 1. The topological polar surface area (TPSA) is 60.2 Å². The van der Waals surface area contributed by atoms with E-state index < -0.39 is 17.6 Å². The van der Waals surface area contributed by atoms with Crippen molar-refractivity contribution in [1.29, 1.82) is 0 Å². The molecule has 0 saturated heterocycles. The first-order valence-electron chi connectivity index (χ1n) is 5.48. The number of hydrogen-bond donors (Lipinski definition) is 2. The lowest BCUT2D eigenvalue weighted by atomic mass is 10.2. The molecule has 2 aromatic rings. The maximum atomic E-state index is 13.2. The summed E-state index contributed by atoms with van der Waals surface area (Å²) < 4.78 is 56.9. The number of nitrogens with zero attached hydrogens (tertiary/aromatic N) is 1. The van der Waals surface area contributed by atoms with E-state index in [0.29, 0.717) is 10.5 Å². The van der Waals surface area contributed by atoms with Gasteiger partial charge in [-0.15, -0.1) is 0 Å². The Bertz CT molecular complexity index is 643. The molecular weight excluding hydrogens is 358 g/mol. The number of aromatic nitrogens is 1. The van der Waals surface area contributed by atoms with Crippen molar-refractivity contribution in [2.75, 3.05) is 5.43 Å². The van der Waals surface area contributed by atoms with Gasteiger partial charge in [-0.25, -0.2) is 10.2 Å². The van der Waals surface area contributed by atoms with Crippen molar-refractivity contribution in [2.45, 2.75) is 6.18 Å². The number of hydrazine groups is 1. The smallest absolute Gasteiger partial charge is 0.416 e. The third-order valence-electron chi connectivity index (χ3n) is 2.34. The Balaban J connectivity index is 2.39. The van der Waals surface area contributed by atoms with Crippen molar-refractivity contribution < 1.29 is 22.3 Å². The molecule has 0 spiro atoms. The SMILES string of the molecule is NNc1cc(C(F)(F)F)cc(Oc2cc(F)cc(Br)c2)n1. The fraction of sp³-hybridized carbons (Fsp3) is 0.0833. The van der Waals surface area contributed by atoms with Crippen molar-refractivity contribution in [2.24, 2.45) is 5.84 Å². The fourth-order valence-corrected chi connectivity index (χ4v) is 1.95. The third-order valence-corrected chi connectivity index (χ3v) is 2.79. The molecule has 0 amide bonds. The van der Waals surface area contributed by atoms with E-state index in [9.17, 15) is 17.6 Å². The van der Waals surface area contributed by atoms with Gasteiger partial charge in [-0.3, -0.25) is 0 Å². The van der Waals surface area contributed by atoms with Gasteiger partial charge in [-0.2, -0.15) is 18.2 Å². The van der Waals surface area contributed by atoms with E-state index in [1.54, 1.807) is 0 Å². The van der Waals surface area contributed by atoms with Crippen LogP contribution in [0.1, 0.15) is 5.56 Å². The first kappa shape index (κ1) is 15.5. The monoisotopic (exact) mass is 365 g/mol. The number of rotatable bonds is 3. The number of halogens is 5. The molecule has 1 aromatic carbocycles. The van der Waals surface area contributed by atoms with Crippen LogP contribution in [0.4, 0.5) is 23.4 Å². The molecule has 3 N–H and O–H groups in total. The van der Waals surface area contributed by atoms with E-state index in [-0.39, 0.29) is 17.4 Å². The number of anilines is 1. The van der Waals surface area contributed by atoms with Crippen LogP contribution in [0.5, 0.6) is 11.6 Å². The number of ether oxygens (including phenoxy) is 1. The molecule has 0 bridgehead atoms. The zero-order valence-corrected chi connectivity index (χ0v) is 11.8. The second kappa shape index (κ2) is 5.86. The minimum Gasteiger partial charge on any atom is -0.439 e. The average Bonchev–Trinajstić information content (AvgIpc) is 2.36. The Morgan fingerprint density at radius 3 is 2.43 bits per heavy atom. The lowest BCUT2D eigenvalue weighted by molar-refractivity contribution is -0.137. The summed E-state index contributed by atoms with van der Waals surface area (Å²) in [6, 6.07) is 5.01. The van der Waals surface area contributed by atoms with E-state index in [0.717, 1.165) is 12.1 Å². The van der Waals surface area contributed by atoms with E-state index in [2.05, 4.69) is 20.9 Å². The van der Waals surface area contributed by atoms with Crippen molar-refractivity contribution in [3.05, 3.63) is 46.2 Å². The van der Waals surface area contributed by atoms with Gasteiger partial charge in [0.15, 0.2) is 0 Å². The van der Waals surface area contributed by atoms with Gasteiger partial charge >= 0.3 is 6.18 Å². The average molecular weight is 366 g/mol. The second-order valence-corrected chi connectivity index (χ2v) is 4.84. The summed E-state index contributed by atoms with van der Waals surface area (Å²) in [5.74, 6) is 3.87. The number of nitrogen functional groups attached to an aromatic ring is 1. The highest BCUT2D eigenvalue weighted by Gasteiger charge is 2.32. The van der Waals surface area contributed by atoms with Crippen LogP contribution in [-0.2, 0) is 6.18 Å². The Morgan fingerprint density at radius 2 is 1.86 bits per heavy atom. The van der Waals surface area contributed by atoms with Crippen LogP contribution in [0.3, 0.4) is 0 Å². The van der Waals surface area contributed by atoms with Gasteiger partial charge in [0.1, 0.15) is 17.4 Å². The van der Waals surface area contributed by atoms with E-state index in [1.165, 1.54) is 12.1 Å². The van der Waals surface area contributed by atoms with E-state index in [4.69, 9.17) is 10.6 Å². The van der Waals surface area contributed by atoms with Crippen LogP contribution in [0.2, 0.25) is 0 Å². The van der Waals surface area contributed by atoms with Gasteiger partial charge in [-0.05, 0) is 18.2 Å². The van der Waals surface area contributed by atoms with Gasteiger partial charge in [-0.1, -0.05) is 15.9 Å². The standard InChI is InChI=1S/C12H8BrF4N3O/c13-7-3-8(14)5-9(4-7)21-11-2-6(12(15,16)17)1-10(19-11)20-18/h1-5H,18H2,(H,19,20). The number of hydrogen-bond acceptors (Lipinski definition) is 4. The van der Waals surface area contributed by atoms with E-state index >= 15 is 0 Å². The number of benzene rings is 1. The fourth-order valence-electron chi connectivity index (χ4n) is 1.50. The van der Waals surface area contributed by atoms with Crippen LogP contribution >= 0.6 is 15.9 Å². The van der Waals surface area contributed by atoms with E-state index in [1.807, 2.05) is 5.43 Å². The summed E-state index contributed by atoms with van der Waals surface area (Å²) in [5, 5.41) is 0. The predicted molar refractivity (Wildman–Crippen MR) is 71.2 cm³/mol. The summed E-state index contributed by atoms with van der Waals surface area (Å²) >= 11 is 3.05. The highest BCUT2D eigenvalue weighted by molar-refractivity contribution is 9.10. The van der Waals surface area contributed by atoms with Gasteiger partial charge in [0.25, 0.3) is 0 Å². The maximum absolute atomic E-state index is 13.2. The molecule has 9 heteroatoms. The largest absolute Gasteiger partial charge is 0.439 e. The highest BCUT2D eigenvalue weighted by Crippen LogP contribution is 2.34. The molecule has 4 nitrogen and oxygen atoms in total. The van der Waals surface area contributed by atoms with Gasteiger partial charge < -0.3 is 10.2 Å². The van der Waals surface area contributed by atoms with Crippen LogP contribution in [0.15, 0.2) is 34.8 Å². The van der Waals surface area contributed by atoms with Gasteiger partial charge in [0.2, 0.25) is 5.88 Å². The zero-order chi connectivity index (χ0) is 15.6. The van der Waals surface area contributed by atoms with Crippen LogP contribution < -0.4 is 16.0 Å². The van der Waals surface area contributed by atoms with Crippen LogP contribution in [-0.4, -0.2) is 4.98 Å². The Labute approximate surface area is 125 Å². The van der Waals surface area contributed by atoms with Gasteiger partial charge in [0, 0.05) is 16.6 Å². The summed E-state index contributed by atoms with van der Waals surface area (Å²) in [4.78, 5) is 3.72. The predicted octanol–water partition coefficient (Wildman–Crippen LogP) is 4.08. The summed E-state index contributed by atoms with van der Waals surface area (Å²) in [5.41, 5.74) is 1.02. The second-order valence-electron chi connectivity index (χ2n) is 3.93. The molecule has 112 valence electrons.